The van der Waals surface area contributed by atoms with Gasteiger partial charge in [0, 0.05) is 6.04 Å². The number of aromatic hydroxyl groups is 1. The third-order valence-electron chi connectivity index (χ3n) is 2.94. The van der Waals surface area contributed by atoms with Crippen molar-refractivity contribution in [1.29, 1.82) is 0 Å². The molecule has 1 aromatic rings. The number of sulfonamides is 1. The molecule has 0 heterocycles. The number of rotatable bonds is 3. The molecule has 1 aliphatic carbocycles. The van der Waals surface area contributed by atoms with Crippen molar-refractivity contribution in [2.75, 3.05) is 0 Å². The van der Waals surface area contributed by atoms with Gasteiger partial charge in [0.1, 0.15) is 5.75 Å². The number of benzene rings is 1. The molecular formula is C11H15NO3S. The normalized spacial score (nSPS) is 23.0. The first-order valence-electron chi connectivity index (χ1n) is 5.13. The van der Waals surface area contributed by atoms with E-state index in [1.54, 1.807) is 0 Å². The van der Waals surface area contributed by atoms with E-state index < -0.39 is 10.0 Å². The number of phenolic OH excluding ortho intramolecular Hbond substituents is 1. The van der Waals surface area contributed by atoms with Gasteiger partial charge >= 0.3 is 0 Å². The van der Waals surface area contributed by atoms with Crippen LogP contribution in [0.25, 0.3) is 0 Å². The Morgan fingerprint density at radius 2 is 2.06 bits per heavy atom. The summed E-state index contributed by atoms with van der Waals surface area (Å²) in [5.74, 6) is -0.0436. The first-order chi connectivity index (χ1) is 7.31. The highest BCUT2D eigenvalue weighted by atomic mass is 32.2. The number of hydrogen-bond acceptors (Lipinski definition) is 3. The lowest BCUT2D eigenvalue weighted by molar-refractivity contribution is 0.473. The molecule has 2 N–H and O–H groups in total. The molecule has 0 saturated heterocycles. The van der Waals surface area contributed by atoms with Crippen molar-refractivity contribution >= 4 is 10.0 Å². The third kappa shape index (κ3) is 2.20. The molecule has 1 aliphatic rings. The Hall–Kier alpha value is -1.07. The van der Waals surface area contributed by atoms with Crippen molar-refractivity contribution in [3.63, 3.8) is 0 Å². The summed E-state index contributed by atoms with van der Waals surface area (Å²) in [7, 11) is -3.50. The van der Waals surface area contributed by atoms with E-state index in [9.17, 15) is 13.5 Å². The molecule has 0 aliphatic heterocycles. The summed E-state index contributed by atoms with van der Waals surface area (Å²) in [4.78, 5) is 0.107. The summed E-state index contributed by atoms with van der Waals surface area (Å²) in [6, 6.07) is 5.68. The lowest BCUT2D eigenvalue weighted by atomic mass is 10.2. The number of phenols is 1. The van der Waals surface area contributed by atoms with Gasteiger partial charge in [0.25, 0.3) is 0 Å². The molecule has 0 spiro atoms. The Kier molecular flexibility index (Phi) is 2.47. The molecule has 0 bridgehead atoms. The van der Waals surface area contributed by atoms with Gasteiger partial charge in [-0.3, -0.25) is 0 Å². The molecule has 0 radical (unpaired) electrons. The van der Waals surface area contributed by atoms with Crippen LogP contribution in [0, 0.1) is 5.41 Å². The monoisotopic (exact) mass is 241 g/mol. The third-order valence-corrected chi connectivity index (χ3v) is 4.41. The van der Waals surface area contributed by atoms with Crippen molar-refractivity contribution in [1.82, 2.24) is 4.72 Å². The molecule has 1 saturated carbocycles. The lowest BCUT2D eigenvalue weighted by Gasteiger charge is -2.08. The molecule has 1 aromatic carbocycles. The summed E-state index contributed by atoms with van der Waals surface area (Å²) < 4.78 is 26.4. The van der Waals surface area contributed by atoms with Crippen LogP contribution >= 0.6 is 0 Å². The van der Waals surface area contributed by atoms with Crippen LogP contribution in [0.4, 0.5) is 0 Å². The van der Waals surface area contributed by atoms with Crippen molar-refractivity contribution in [2.45, 2.75) is 31.2 Å². The van der Waals surface area contributed by atoms with Crippen LogP contribution in [0.5, 0.6) is 5.75 Å². The minimum absolute atomic E-state index is 0.000140. The fourth-order valence-electron chi connectivity index (χ4n) is 1.57. The molecule has 1 fully saturated rings. The Bertz CT molecular complexity index is 508. The fraction of sp³-hybridized carbons (Fsp3) is 0.455. The average molecular weight is 241 g/mol. The standard InChI is InChI=1S/C11H15NO3S/c1-11(2)7-10(11)12-16(14,15)9-5-3-4-8(13)6-9/h3-6,10,12-13H,7H2,1-2H3. The van der Waals surface area contributed by atoms with Crippen LogP contribution in [0.2, 0.25) is 0 Å². The quantitative estimate of drug-likeness (QED) is 0.842. The van der Waals surface area contributed by atoms with Gasteiger partial charge < -0.3 is 5.11 Å². The van der Waals surface area contributed by atoms with E-state index in [-0.39, 0.29) is 22.1 Å². The Morgan fingerprint density at radius 1 is 1.44 bits per heavy atom. The second-order valence-corrected chi connectivity index (χ2v) is 6.58. The Balaban J connectivity index is 2.20. The average Bonchev–Trinajstić information content (AvgIpc) is 2.72. The first kappa shape index (κ1) is 11.4. The highest BCUT2D eigenvalue weighted by Gasteiger charge is 2.47. The molecule has 1 atom stereocenters. The highest BCUT2D eigenvalue weighted by Crippen LogP contribution is 2.45. The molecule has 16 heavy (non-hydrogen) atoms. The van der Waals surface area contributed by atoms with Crippen molar-refractivity contribution in [3.05, 3.63) is 24.3 Å². The van der Waals surface area contributed by atoms with E-state index in [1.165, 1.54) is 24.3 Å². The van der Waals surface area contributed by atoms with Crippen LogP contribution in [0.15, 0.2) is 29.2 Å². The topological polar surface area (TPSA) is 66.4 Å². The largest absolute Gasteiger partial charge is 0.508 e. The van der Waals surface area contributed by atoms with Crippen molar-refractivity contribution < 1.29 is 13.5 Å². The maximum atomic E-state index is 11.9. The zero-order valence-electron chi connectivity index (χ0n) is 9.27. The molecule has 88 valence electrons. The van der Waals surface area contributed by atoms with E-state index in [4.69, 9.17) is 0 Å². The van der Waals surface area contributed by atoms with Crippen LogP contribution in [-0.2, 0) is 10.0 Å². The van der Waals surface area contributed by atoms with Crippen molar-refractivity contribution in [3.8, 4) is 5.75 Å². The maximum absolute atomic E-state index is 11.9. The van der Waals surface area contributed by atoms with Gasteiger partial charge in [-0.15, -0.1) is 0 Å². The maximum Gasteiger partial charge on any atom is 0.240 e. The summed E-state index contributed by atoms with van der Waals surface area (Å²) in [6.07, 6.45) is 0.852. The van der Waals surface area contributed by atoms with Crippen LogP contribution < -0.4 is 4.72 Å². The summed E-state index contributed by atoms with van der Waals surface area (Å²) in [5.41, 5.74) is 0.0455. The van der Waals surface area contributed by atoms with E-state index in [1.807, 2.05) is 13.8 Å². The Morgan fingerprint density at radius 3 is 2.56 bits per heavy atom. The van der Waals surface area contributed by atoms with Crippen LogP contribution in [0.1, 0.15) is 20.3 Å². The van der Waals surface area contributed by atoms with Crippen LogP contribution in [-0.4, -0.2) is 19.6 Å². The highest BCUT2D eigenvalue weighted by molar-refractivity contribution is 7.89. The minimum Gasteiger partial charge on any atom is -0.508 e. The predicted octanol–water partition coefficient (Wildman–Crippen LogP) is 1.47. The van der Waals surface area contributed by atoms with Crippen LogP contribution in [0.3, 0.4) is 0 Å². The minimum atomic E-state index is -3.50. The first-order valence-corrected chi connectivity index (χ1v) is 6.61. The van der Waals surface area contributed by atoms with E-state index in [2.05, 4.69) is 4.72 Å². The van der Waals surface area contributed by atoms with E-state index in [0.29, 0.717) is 0 Å². The second kappa shape index (κ2) is 3.46. The zero-order chi connectivity index (χ0) is 12.0. The van der Waals surface area contributed by atoms with Gasteiger partial charge in [-0.05, 0) is 30.0 Å². The molecule has 1 unspecified atom stereocenters. The van der Waals surface area contributed by atoms with Gasteiger partial charge in [-0.2, -0.15) is 0 Å². The summed E-state index contributed by atoms with van der Waals surface area (Å²) >= 11 is 0. The van der Waals surface area contributed by atoms with Crippen molar-refractivity contribution in [2.24, 2.45) is 5.41 Å². The summed E-state index contributed by atoms with van der Waals surface area (Å²) in [5, 5.41) is 9.24. The molecule has 5 heteroatoms. The molecule has 4 nitrogen and oxygen atoms in total. The lowest BCUT2D eigenvalue weighted by Crippen LogP contribution is -2.28. The van der Waals surface area contributed by atoms with Gasteiger partial charge in [0.2, 0.25) is 10.0 Å². The number of nitrogens with one attached hydrogen (secondary N) is 1. The fourth-order valence-corrected chi connectivity index (χ4v) is 3.02. The second-order valence-electron chi connectivity index (χ2n) is 4.86. The van der Waals surface area contributed by atoms with Gasteiger partial charge in [0.15, 0.2) is 0 Å². The number of hydrogen-bond donors (Lipinski definition) is 2. The smallest absolute Gasteiger partial charge is 0.240 e. The zero-order valence-corrected chi connectivity index (χ0v) is 10.1. The Labute approximate surface area is 95.4 Å². The van der Waals surface area contributed by atoms with Gasteiger partial charge in [-0.1, -0.05) is 19.9 Å². The van der Waals surface area contributed by atoms with Gasteiger partial charge in [0.05, 0.1) is 4.90 Å². The molecule has 0 aromatic heterocycles. The molecular weight excluding hydrogens is 226 g/mol. The van der Waals surface area contributed by atoms with Gasteiger partial charge in [-0.25, -0.2) is 13.1 Å². The van der Waals surface area contributed by atoms with E-state index >= 15 is 0 Å². The molecule has 0 amide bonds. The summed E-state index contributed by atoms with van der Waals surface area (Å²) in [6.45, 7) is 4.03. The molecule has 2 rings (SSSR count). The van der Waals surface area contributed by atoms with E-state index in [0.717, 1.165) is 6.42 Å². The SMILES string of the molecule is CC1(C)CC1NS(=O)(=O)c1cccc(O)c1. The predicted molar refractivity (Wildman–Crippen MR) is 60.6 cm³/mol.